The van der Waals surface area contributed by atoms with Crippen LogP contribution in [0.5, 0.6) is 0 Å². The average molecular weight is 534 g/mol. The van der Waals surface area contributed by atoms with E-state index < -0.39 is 5.97 Å². The van der Waals surface area contributed by atoms with Gasteiger partial charge in [0.05, 0.1) is 6.10 Å². The maximum Gasteiger partial charge on any atom is 0.328 e. The van der Waals surface area contributed by atoms with Gasteiger partial charge in [-0.3, -0.25) is 0 Å². The highest BCUT2D eigenvalue weighted by molar-refractivity contribution is 14.1. The summed E-state index contributed by atoms with van der Waals surface area (Å²) in [6.07, 6.45) is 13.7. The van der Waals surface area contributed by atoms with Crippen LogP contribution >= 0.6 is 22.6 Å². The first kappa shape index (κ1) is 24.2. The number of benzene rings is 1. The Morgan fingerprint density at radius 1 is 1.19 bits per heavy atom. The van der Waals surface area contributed by atoms with Gasteiger partial charge in [-0.1, -0.05) is 55.9 Å². The van der Waals surface area contributed by atoms with E-state index in [2.05, 4.69) is 73.7 Å². The number of rotatable bonds is 6. The maximum atomic E-state index is 11.0. The summed E-state index contributed by atoms with van der Waals surface area (Å²) in [6, 6.07) is 8.76. The molecule has 2 saturated carbocycles. The van der Waals surface area contributed by atoms with Gasteiger partial charge in [0, 0.05) is 9.65 Å². The standard InChI is InChI=1S/C27H35IO3/c1-18(7-5-4-6-8-26(30)31)21-11-14-24-23(16-20-9-12-22(28)13-10-20)25(29)15-19(2)27(24,3)17-21/h4-10,12-13,19,21,23-25,29H,11,14-17H2,1-3H3,(H,30,31)/b5-4+,8-6+,18-7+/t19-,21-,23+,24+,25-,27+/m1/s1. The Labute approximate surface area is 200 Å². The van der Waals surface area contributed by atoms with E-state index in [1.807, 2.05) is 6.08 Å². The van der Waals surface area contributed by atoms with Crippen LogP contribution in [-0.2, 0) is 11.2 Å². The van der Waals surface area contributed by atoms with Crippen molar-refractivity contribution < 1.29 is 15.0 Å². The monoisotopic (exact) mass is 534 g/mol. The van der Waals surface area contributed by atoms with Gasteiger partial charge >= 0.3 is 5.97 Å². The Bertz CT molecular complexity index is 854. The van der Waals surface area contributed by atoms with Crippen molar-refractivity contribution >= 4 is 28.6 Å². The molecular weight excluding hydrogens is 499 g/mol. The van der Waals surface area contributed by atoms with Gasteiger partial charge in [-0.15, -0.1) is 0 Å². The van der Waals surface area contributed by atoms with E-state index >= 15 is 0 Å². The molecule has 0 amide bonds. The van der Waals surface area contributed by atoms with Crippen LogP contribution < -0.4 is 0 Å². The number of fused-ring (bicyclic) bond motifs is 1. The minimum atomic E-state index is -0.926. The van der Waals surface area contributed by atoms with Crippen LogP contribution in [0.25, 0.3) is 0 Å². The molecule has 0 unspecified atom stereocenters. The van der Waals surface area contributed by atoms with Crippen molar-refractivity contribution in [2.75, 3.05) is 0 Å². The highest BCUT2D eigenvalue weighted by Gasteiger charge is 2.52. The summed E-state index contributed by atoms with van der Waals surface area (Å²) in [4.78, 5) is 10.6. The summed E-state index contributed by atoms with van der Waals surface area (Å²) in [5, 5.41) is 19.7. The molecule has 2 fully saturated rings. The largest absolute Gasteiger partial charge is 0.478 e. The Morgan fingerprint density at radius 3 is 2.58 bits per heavy atom. The predicted octanol–water partition coefficient (Wildman–Crippen LogP) is 6.42. The van der Waals surface area contributed by atoms with Gasteiger partial charge in [0.2, 0.25) is 0 Å². The van der Waals surface area contributed by atoms with Gasteiger partial charge in [-0.2, -0.15) is 0 Å². The van der Waals surface area contributed by atoms with Crippen LogP contribution in [0, 0.1) is 32.7 Å². The van der Waals surface area contributed by atoms with Crippen molar-refractivity contribution in [2.24, 2.45) is 29.1 Å². The molecule has 0 bridgehead atoms. The molecule has 0 radical (unpaired) electrons. The first-order chi connectivity index (χ1) is 14.7. The van der Waals surface area contributed by atoms with Crippen LogP contribution in [0.2, 0.25) is 0 Å². The Hall–Kier alpha value is -1.40. The van der Waals surface area contributed by atoms with Gasteiger partial charge in [-0.05, 0) is 108 Å². The van der Waals surface area contributed by atoms with Crippen molar-refractivity contribution in [1.82, 2.24) is 0 Å². The van der Waals surface area contributed by atoms with Gasteiger partial charge < -0.3 is 10.2 Å². The molecule has 0 aromatic heterocycles. The Morgan fingerprint density at radius 2 is 1.90 bits per heavy atom. The van der Waals surface area contributed by atoms with Gasteiger partial charge in [0.15, 0.2) is 0 Å². The Kier molecular flexibility index (Phi) is 8.19. The molecule has 6 atom stereocenters. The van der Waals surface area contributed by atoms with Gasteiger partial charge in [0.1, 0.15) is 0 Å². The number of allylic oxidation sites excluding steroid dienone is 5. The molecule has 31 heavy (non-hydrogen) atoms. The third kappa shape index (κ3) is 5.89. The third-order valence-electron chi connectivity index (χ3n) is 7.94. The normalized spacial score (nSPS) is 34.2. The molecule has 3 nitrogen and oxygen atoms in total. The highest BCUT2D eigenvalue weighted by Crippen LogP contribution is 2.58. The SMILES string of the molecule is C\C(=C/C=C/C=C/C(=O)O)[C@@H]1CC[C@H]2[C@H](Cc3ccc(I)cc3)[C@H](O)C[C@@H](C)[C@]2(C)C1. The molecule has 2 N–H and O–H groups in total. The summed E-state index contributed by atoms with van der Waals surface area (Å²) < 4.78 is 1.25. The second-order valence-electron chi connectivity index (χ2n) is 9.78. The van der Waals surface area contributed by atoms with Crippen molar-refractivity contribution in [3.05, 3.63) is 69.4 Å². The molecule has 168 valence electrons. The quantitative estimate of drug-likeness (QED) is 0.252. The number of aliphatic hydroxyl groups excluding tert-OH is 1. The summed E-state index contributed by atoms with van der Waals surface area (Å²) in [5.74, 6) is 0.997. The minimum Gasteiger partial charge on any atom is -0.478 e. The fourth-order valence-electron chi connectivity index (χ4n) is 5.94. The molecule has 0 aliphatic heterocycles. The number of aliphatic carboxylic acids is 1. The summed E-state index contributed by atoms with van der Waals surface area (Å²) >= 11 is 2.34. The van der Waals surface area contributed by atoms with Crippen molar-refractivity contribution in [1.29, 1.82) is 0 Å². The van der Waals surface area contributed by atoms with Crippen LogP contribution in [-0.4, -0.2) is 22.3 Å². The van der Waals surface area contributed by atoms with Crippen molar-refractivity contribution in [3.8, 4) is 0 Å². The molecule has 0 heterocycles. The fraction of sp³-hybridized carbons (Fsp3) is 0.519. The smallest absolute Gasteiger partial charge is 0.328 e. The molecule has 1 aromatic rings. The molecule has 2 aliphatic carbocycles. The van der Waals surface area contributed by atoms with Crippen LogP contribution in [0.4, 0.5) is 0 Å². The lowest BCUT2D eigenvalue weighted by molar-refractivity contribution is -0.131. The zero-order valence-electron chi connectivity index (χ0n) is 18.8. The lowest BCUT2D eigenvalue weighted by atomic mass is 9.49. The number of hydrogen-bond acceptors (Lipinski definition) is 2. The second kappa shape index (κ2) is 10.5. The van der Waals surface area contributed by atoms with E-state index in [-0.39, 0.29) is 11.5 Å². The molecule has 2 aliphatic rings. The highest BCUT2D eigenvalue weighted by atomic mass is 127. The molecule has 0 saturated heterocycles. The lowest BCUT2D eigenvalue weighted by Crippen LogP contribution is -2.52. The summed E-state index contributed by atoms with van der Waals surface area (Å²) in [5.41, 5.74) is 2.93. The molecule has 3 rings (SSSR count). The van der Waals surface area contributed by atoms with Crippen LogP contribution in [0.15, 0.2) is 60.2 Å². The minimum absolute atomic E-state index is 0.218. The number of carboxylic acid groups (broad SMARTS) is 1. The Balaban J connectivity index is 1.73. The number of hydrogen-bond donors (Lipinski definition) is 2. The molecule has 0 spiro atoms. The van der Waals surface area contributed by atoms with Crippen molar-refractivity contribution in [3.63, 3.8) is 0 Å². The first-order valence-corrected chi connectivity index (χ1v) is 12.5. The number of aliphatic hydroxyl groups is 1. The average Bonchev–Trinajstić information content (AvgIpc) is 2.72. The zero-order chi connectivity index (χ0) is 22.6. The third-order valence-corrected chi connectivity index (χ3v) is 8.66. The number of halogens is 1. The molecule has 4 heteroatoms. The van der Waals surface area contributed by atoms with Gasteiger partial charge in [0.25, 0.3) is 0 Å². The van der Waals surface area contributed by atoms with Crippen LogP contribution in [0.1, 0.15) is 52.0 Å². The van der Waals surface area contributed by atoms with Crippen LogP contribution in [0.3, 0.4) is 0 Å². The summed E-state index contributed by atoms with van der Waals surface area (Å²) in [7, 11) is 0. The van der Waals surface area contributed by atoms with E-state index in [9.17, 15) is 9.90 Å². The first-order valence-electron chi connectivity index (χ1n) is 11.4. The van der Waals surface area contributed by atoms with Gasteiger partial charge in [-0.25, -0.2) is 4.79 Å². The predicted molar refractivity (Wildman–Crippen MR) is 135 cm³/mol. The lowest BCUT2D eigenvalue weighted by Gasteiger charge is -2.56. The van der Waals surface area contributed by atoms with E-state index in [1.54, 1.807) is 12.2 Å². The van der Waals surface area contributed by atoms with E-state index in [4.69, 9.17) is 5.11 Å². The van der Waals surface area contributed by atoms with E-state index in [0.29, 0.717) is 23.7 Å². The molecular formula is C27H35IO3. The van der Waals surface area contributed by atoms with E-state index in [0.717, 1.165) is 38.2 Å². The van der Waals surface area contributed by atoms with E-state index in [1.165, 1.54) is 14.7 Å². The number of carboxylic acids is 1. The second-order valence-corrected chi connectivity index (χ2v) is 11.0. The van der Waals surface area contributed by atoms with Crippen molar-refractivity contribution in [2.45, 2.75) is 59.0 Å². The summed E-state index contributed by atoms with van der Waals surface area (Å²) in [6.45, 7) is 6.99. The fourth-order valence-corrected chi connectivity index (χ4v) is 6.30. The zero-order valence-corrected chi connectivity index (χ0v) is 21.0. The topological polar surface area (TPSA) is 57.5 Å². The molecule has 1 aromatic carbocycles. The maximum absolute atomic E-state index is 11.0. The number of carbonyl (C=O) groups is 1.